The lowest BCUT2D eigenvalue weighted by atomic mass is 9.96. The molecule has 0 aromatic heterocycles. The summed E-state index contributed by atoms with van der Waals surface area (Å²) >= 11 is 0. The summed E-state index contributed by atoms with van der Waals surface area (Å²) in [4.78, 5) is 49.4. The maximum absolute atomic E-state index is 12.8. The van der Waals surface area contributed by atoms with Gasteiger partial charge in [0.25, 0.3) is 0 Å². The number of nitrogens with zero attached hydrogens (tertiary/aromatic N) is 1. The van der Waals surface area contributed by atoms with Crippen LogP contribution in [-0.2, 0) is 23.9 Å². The van der Waals surface area contributed by atoms with Crippen molar-refractivity contribution in [1.82, 2.24) is 10.2 Å². The van der Waals surface area contributed by atoms with E-state index in [1.165, 1.54) is 13.2 Å². The molecule has 0 aliphatic carbocycles. The van der Waals surface area contributed by atoms with Crippen molar-refractivity contribution in [2.45, 2.75) is 58.4 Å². The number of carbonyl (C=O) groups excluding carboxylic acids is 3. The van der Waals surface area contributed by atoms with Gasteiger partial charge in [0.15, 0.2) is 0 Å². The lowest BCUT2D eigenvalue weighted by Gasteiger charge is -2.26. The first-order valence-electron chi connectivity index (χ1n) is 8.97. The van der Waals surface area contributed by atoms with Crippen molar-refractivity contribution in [2.24, 2.45) is 5.92 Å². The van der Waals surface area contributed by atoms with Gasteiger partial charge in [-0.2, -0.15) is 0 Å². The Bertz CT molecular complexity index is 566. The van der Waals surface area contributed by atoms with Gasteiger partial charge >= 0.3 is 11.9 Å². The van der Waals surface area contributed by atoms with Crippen LogP contribution in [0.5, 0.6) is 0 Å². The van der Waals surface area contributed by atoms with E-state index < -0.39 is 23.9 Å². The average molecular weight is 368 g/mol. The third-order valence-electron chi connectivity index (χ3n) is 4.32. The van der Waals surface area contributed by atoms with Crippen molar-refractivity contribution in [1.29, 1.82) is 0 Å². The lowest BCUT2D eigenvalue weighted by molar-refractivity contribution is -0.146. The molecule has 0 saturated heterocycles. The van der Waals surface area contributed by atoms with Crippen LogP contribution >= 0.6 is 0 Å². The summed E-state index contributed by atoms with van der Waals surface area (Å²) in [5.41, 5.74) is -0.127. The van der Waals surface area contributed by atoms with Gasteiger partial charge in [-0.3, -0.25) is 14.4 Å². The molecule has 0 spiro atoms. The molecular weight excluding hydrogens is 340 g/mol. The zero-order valence-electron chi connectivity index (χ0n) is 15.6. The van der Waals surface area contributed by atoms with Gasteiger partial charge in [-0.15, -0.1) is 0 Å². The predicted molar refractivity (Wildman–Crippen MR) is 93.9 cm³/mol. The molecule has 1 atom stereocenters. The second kappa shape index (κ2) is 10.6. The van der Waals surface area contributed by atoms with Crippen molar-refractivity contribution < 1.29 is 29.0 Å². The topological polar surface area (TPSA) is 113 Å². The van der Waals surface area contributed by atoms with E-state index in [1.807, 2.05) is 13.8 Å². The summed E-state index contributed by atoms with van der Waals surface area (Å²) < 4.78 is 4.61. The van der Waals surface area contributed by atoms with Crippen molar-refractivity contribution in [2.75, 3.05) is 13.7 Å². The zero-order valence-corrected chi connectivity index (χ0v) is 15.6. The average Bonchev–Trinajstić information content (AvgIpc) is 3.10. The Kier molecular flexibility index (Phi) is 8.81. The first-order chi connectivity index (χ1) is 12.3. The number of hydrogen-bond donors (Lipinski definition) is 2. The number of carbonyl (C=O) groups is 4. The third-order valence-corrected chi connectivity index (χ3v) is 4.32. The minimum atomic E-state index is -1.21. The number of aliphatic carboxylic acids is 1. The van der Waals surface area contributed by atoms with Gasteiger partial charge in [-0.25, -0.2) is 4.79 Å². The molecule has 0 bridgehead atoms. The number of nitrogens with one attached hydrogen (secondary N) is 1. The van der Waals surface area contributed by atoms with Crippen LogP contribution < -0.4 is 5.32 Å². The van der Waals surface area contributed by atoms with Crippen molar-refractivity contribution in [3.8, 4) is 0 Å². The molecule has 0 fully saturated rings. The van der Waals surface area contributed by atoms with Crippen LogP contribution in [0.3, 0.4) is 0 Å². The fourth-order valence-electron chi connectivity index (χ4n) is 3.02. The molecule has 0 radical (unpaired) electrons. The molecule has 26 heavy (non-hydrogen) atoms. The molecule has 2 N–H and O–H groups in total. The van der Waals surface area contributed by atoms with E-state index in [1.54, 1.807) is 0 Å². The summed E-state index contributed by atoms with van der Waals surface area (Å²) in [5.74, 6) is -3.01. The summed E-state index contributed by atoms with van der Waals surface area (Å²) in [7, 11) is 1.20. The second-order valence-corrected chi connectivity index (χ2v) is 6.29. The Labute approximate surface area is 153 Å². The first kappa shape index (κ1) is 21.7. The van der Waals surface area contributed by atoms with E-state index in [0.717, 1.165) is 17.7 Å². The van der Waals surface area contributed by atoms with Gasteiger partial charge in [-0.1, -0.05) is 32.8 Å². The summed E-state index contributed by atoms with van der Waals surface area (Å²) in [5, 5.41) is 11.8. The summed E-state index contributed by atoms with van der Waals surface area (Å²) in [6.45, 7) is 4.16. The minimum absolute atomic E-state index is 0.127. The van der Waals surface area contributed by atoms with E-state index in [-0.39, 0.29) is 30.5 Å². The smallest absolute Gasteiger partial charge is 0.352 e. The molecule has 8 heteroatoms. The quantitative estimate of drug-likeness (QED) is 0.564. The highest BCUT2D eigenvalue weighted by molar-refractivity contribution is 5.98. The largest absolute Gasteiger partial charge is 0.477 e. The normalized spacial score (nSPS) is 14.8. The Balaban J connectivity index is 2.95. The number of rotatable bonds is 10. The lowest BCUT2D eigenvalue weighted by Crippen LogP contribution is -2.50. The van der Waals surface area contributed by atoms with Crippen molar-refractivity contribution in [3.05, 3.63) is 11.8 Å². The van der Waals surface area contributed by atoms with Gasteiger partial charge < -0.3 is 20.1 Å². The number of hydrogen-bond acceptors (Lipinski definition) is 5. The van der Waals surface area contributed by atoms with Gasteiger partial charge in [-0.05, 0) is 19.3 Å². The molecule has 0 aromatic rings. The molecule has 8 nitrogen and oxygen atoms in total. The van der Waals surface area contributed by atoms with E-state index in [4.69, 9.17) is 0 Å². The van der Waals surface area contributed by atoms with Crippen LogP contribution in [0.1, 0.15) is 52.4 Å². The van der Waals surface area contributed by atoms with Crippen LogP contribution in [0.25, 0.3) is 0 Å². The zero-order chi connectivity index (χ0) is 19.7. The maximum atomic E-state index is 12.8. The number of esters is 1. The molecule has 146 valence electrons. The SMILES string of the molecule is CCCC(CCC)C(=O)NC(CC(=O)OC)C(=O)N1CCC=C1C(=O)O. The van der Waals surface area contributed by atoms with E-state index >= 15 is 0 Å². The molecule has 1 aliphatic rings. The number of carboxylic acids is 1. The number of ether oxygens (including phenoxy) is 1. The standard InChI is InChI=1S/C18H28N2O6/c1-4-7-12(8-5-2)16(22)19-13(11-15(21)26-3)17(23)20-10-6-9-14(20)18(24)25/h9,12-13H,4-8,10-11H2,1-3H3,(H,19,22)(H,24,25). The minimum Gasteiger partial charge on any atom is -0.477 e. The molecule has 1 aliphatic heterocycles. The Hall–Kier alpha value is -2.38. The highest BCUT2D eigenvalue weighted by Crippen LogP contribution is 2.19. The van der Waals surface area contributed by atoms with Gasteiger partial charge in [0.2, 0.25) is 11.8 Å². The molecule has 2 amide bonds. The van der Waals surface area contributed by atoms with Gasteiger partial charge in [0.05, 0.1) is 13.5 Å². The first-order valence-corrected chi connectivity index (χ1v) is 8.97. The molecule has 1 rings (SSSR count). The van der Waals surface area contributed by atoms with E-state index in [2.05, 4.69) is 10.1 Å². The number of methoxy groups -OCH3 is 1. The number of amides is 2. The van der Waals surface area contributed by atoms with Crippen LogP contribution in [0.4, 0.5) is 0 Å². The van der Waals surface area contributed by atoms with E-state index in [9.17, 15) is 24.3 Å². The van der Waals surface area contributed by atoms with E-state index in [0.29, 0.717) is 19.3 Å². The highest BCUT2D eigenvalue weighted by Gasteiger charge is 2.35. The fraction of sp³-hybridized carbons (Fsp3) is 0.667. The molecule has 1 unspecified atom stereocenters. The fourth-order valence-corrected chi connectivity index (χ4v) is 3.02. The Morgan fingerprint density at radius 1 is 1.23 bits per heavy atom. The van der Waals surface area contributed by atoms with Crippen molar-refractivity contribution in [3.63, 3.8) is 0 Å². The van der Waals surface area contributed by atoms with Crippen LogP contribution in [0, 0.1) is 5.92 Å². The molecule has 0 saturated carbocycles. The molecule has 0 aromatic carbocycles. The molecule has 1 heterocycles. The Morgan fingerprint density at radius 3 is 2.35 bits per heavy atom. The van der Waals surface area contributed by atoms with Crippen LogP contribution in [-0.4, -0.2) is 53.5 Å². The van der Waals surface area contributed by atoms with Gasteiger partial charge in [0, 0.05) is 12.5 Å². The summed E-state index contributed by atoms with van der Waals surface area (Å²) in [6, 6.07) is -1.15. The maximum Gasteiger partial charge on any atom is 0.352 e. The highest BCUT2D eigenvalue weighted by atomic mass is 16.5. The van der Waals surface area contributed by atoms with Gasteiger partial charge in [0.1, 0.15) is 11.7 Å². The number of carboxylic acid groups (broad SMARTS) is 1. The van der Waals surface area contributed by atoms with Crippen LogP contribution in [0.2, 0.25) is 0 Å². The third kappa shape index (κ3) is 5.86. The second-order valence-electron chi connectivity index (χ2n) is 6.29. The molecular formula is C18H28N2O6. The monoisotopic (exact) mass is 368 g/mol. The van der Waals surface area contributed by atoms with Crippen LogP contribution in [0.15, 0.2) is 11.8 Å². The Morgan fingerprint density at radius 2 is 1.85 bits per heavy atom. The predicted octanol–water partition coefficient (Wildman–Crippen LogP) is 1.45. The summed E-state index contributed by atoms with van der Waals surface area (Å²) in [6.07, 6.45) is 4.55. The van der Waals surface area contributed by atoms with Crippen molar-refractivity contribution >= 4 is 23.8 Å².